The normalized spacial score (nSPS) is 18.3. The molecule has 2 unspecified atom stereocenters. The van der Waals surface area contributed by atoms with Crippen molar-refractivity contribution >= 4 is 47.0 Å². The first-order chi connectivity index (χ1) is 59.2. The summed E-state index contributed by atoms with van der Waals surface area (Å²) in [6.07, 6.45) is 73.3. The molecule has 0 saturated carbocycles. The Morgan fingerprint density at radius 2 is 0.592 bits per heavy atom. The van der Waals surface area contributed by atoms with Crippen LogP contribution < -0.4 is 31.9 Å². The topological polar surface area (TPSA) is 209 Å². The third-order valence-corrected chi connectivity index (χ3v) is 24.5. The van der Waals surface area contributed by atoms with Gasteiger partial charge in [-0.3, -0.25) is 38.4 Å². The number of allylic oxidation sites excluding steroid dienone is 38. The van der Waals surface area contributed by atoms with Crippen LogP contribution in [-0.2, 0) is 38.4 Å². The highest BCUT2D eigenvalue weighted by molar-refractivity contribution is 5.95. The second-order valence-electron chi connectivity index (χ2n) is 38.5. The monoisotopic (exact) mass is 1710 g/mol. The number of unbranched alkanes of at least 4 members (excludes halogenated alkanes) is 5. The predicted molar refractivity (Wildman–Crippen MR) is 529 cm³/mol. The largest absolute Gasteiger partial charge is 0.356 e. The molecule has 0 fully saturated rings. The fourth-order valence-electron chi connectivity index (χ4n) is 16.8. The first-order valence-corrected chi connectivity index (χ1v) is 47.5. The van der Waals surface area contributed by atoms with Gasteiger partial charge in [-0.15, -0.1) is 0 Å². The molecule has 0 spiro atoms. The van der Waals surface area contributed by atoms with E-state index in [1.165, 1.54) is 115 Å². The lowest BCUT2D eigenvalue weighted by molar-refractivity contribution is -0.128. The van der Waals surface area contributed by atoms with E-state index < -0.39 is 11.8 Å². The molecule has 125 heavy (non-hydrogen) atoms. The van der Waals surface area contributed by atoms with Crippen molar-refractivity contribution in [3.63, 3.8) is 0 Å². The summed E-state index contributed by atoms with van der Waals surface area (Å²) in [7, 11) is 0. The number of nitrogens with one attached hydrogen (secondary N) is 6. The van der Waals surface area contributed by atoms with Gasteiger partial charge in [0.15, 0.2) is 11.6 Å². The molecule has 4 rings (SSSR count). The van der Waals surface area contributed by atoms with E-state index in [1.54, 1.807) is 24.3 Å². The molecule has 6 N–H and O–H groups in total. The van der Waals surface area contributed by atoms with Crippen LogP contribution in [0.15, 0.2) is 235 Å². The van der Waals surface area contributed by atoms with E-state index in [2.05, 4.69) is 223 Å². The van der Waals surface area contributed by atoms with Crippen LogP contribution in [-0.4, -0.2) is 86.3 Å². The summed E-state index contributed by atoms with van der Waals surface area (Å²) in [5.41, 5.74) is 20.5. The Labute approximate surface area is 759 Å². The van der Waals surface area contributed by atoms with Gasteiger partial charge in [-0.2, -0.15) is 0 Å². The summed E-state index contributed by atoms with van der Waals surface area (Å²) in [6, 6.07) is 0. The zero-order chi connectivity index (χ0) is 93.0. The second kappa shape index (κ2) is 59.8. The van der Waals surface area contributed by atoms with E-state index in [4.69, 9.17) is 0 Å². The van der Waals surface area contributed by atoms with Crippen molar-refractivity contribution in [3.8, 4) is 0 Å². The van der Waals surface area contributed by atoms with Gasteiger partial charge in [-0.25, -0.2) is 0 Å². The summed E-state index contributed by atoms with van der Waals surface area (Å²) in [4.78, 5) is 102. The van der Waals surface area contributed by atoms with Gasteiger partial charge in [0.2, 0.25) is 35.4 Å². The van der Waals surface area contributed by atoms with Crippen molar-refractivity contribution in [1.82, 2.24) is 31.9 Å². The molecular formula is C111H168N6O8. The Morgan fingerprint density at radius 1 is 0.312 bits per heavy atom. The highest BCUT2D eigenvalue weighted by Crippen LogP contribution is 2.44. The van der Waals surface area contributed by atoms with Crippen LogP contribution in [0, 0.1) is 33.5 Å². The standard InChI is InChI=1S/C61H94N4O5.C50H74N2O3/c1-12-13-39-62-56(67)31-21-32-57(68)63-40-16-14-17-42-65-59(70)52(45-53(66)43-48(4)26-19-24-46(2)33-35-54-50(6)28-22-37-60(54,8)9)30-15-18-41-64-58(69)44-49(5)27-20-25-47(3)34-36-55-51(7)29-23-38-61(55,10)11;1-12-32-52-48(55)43(36-44(53)34-39(4)21-15-19-37(2)26-28-45-41(6)23-17-30-49(45,8)9)25-13-14-33-51-47(54)35-40(5)22-16-20-38(3)27-29-46-42(7)24-18-31-50(46,10)11/h19-20,24-27,33-36,43-44,52H,12-18,21-23,28-32,37-42,45H2,1-11H3,(H,62,67)(H,63,68)(H,64,69)(H,65,70);15-16,19-22,26-29,34-35,43H,12-14,17-18,23-25,30-33,36H2,1-11H3,(H,51,54)(H,52,55)/b26-19+,27-20+,35-33+,36-34+,46-24+,47-25+,48-43+,49-44+;21-15+,22-16+,28-26+,29-27+,37-19+,38-20+,39-34+,40-35+. The van der Waals surface area contributed by atoms with Crippen molar-refractivity contribution in [2.24, 2.45) is 33.5 Å². The summed E-state index contributed by atoms with van der Waals surface area (Å²) >= 11 is 0. The minimum atomic E-state index is -0.494. The molecule has 0 aromatic rings. The molecule has 4 aliphatic carbocycles. The van der Waals surface area contributed by atoms with Gasteiger partial charge in [0.05, 0.1) is 0 Å². The quantitative estimate of drug-likeness (QED) is 0.0196. The molecule has 0 bridgehead atoms. The molecule has 0 radical (unpaired) electrons. The molecule has 0 saturated heterocycles. The average molecular weight is 1710 g/mol. The predicted octanol–water partition coefficient (Wildman–Crippen LogP) is 25.8. The van der Waals surface area contributed by atoms with Crippen molar-refractivity contribution in [2.45, 2.75) is 339 Å². The first-order valence-electron chi connectivity index (χ1n) is 47.5. The number of rotatable bonds is 51. The molecule has 2 atom stereocenters. The summed E-state index contributed by atoms with van der Waals surface area (Å²) in [5.74, 6) is -1.61. The lowest BCUT2D eigenvalue weighted by Gasteiger charge is -2.33. The summed E-state index contributed by atoms with van der Waals surface area (Å²) in [5, 5.41) is 17.8. The van der Waals surface area contributed by atoms with Crippen LogP contribution in [0.1, 0.15) is 339 Å². The molecule has 0 aliphatic heterocycles. The van der Waals surface area contributed by atoms with E-state index in [9.17, 15) is 38.4 Å². The first kappa shape index (κ1) is 110. The van der Waals surface area contributed by atoms with Gasteiger partial charge in [0.25, 0.3) is 0 Å². The van der Waals surface area contributed by atoms with Crippen LogP contribution in [0.4, 0.5) is 0 Å². The van der Waals surface area contributed by atoms with Crippen LogP contribution in [0.2, 0.25) is 0 Å². The number of hydrogen-bond acceptors (Lipinski definition) is 8. The Kier molecular flexibility index (Phi) is 52.7. The lowest BCUT2D eigenvalue weighted by Crippen LogP contribution is -2.33. The minimum absolute atomic E-state index is 0.0102. The molecule has 14 heteroatoms. The highest BCUT2D eigenvalue weighted by Gasteiger charge is 2.31. The smallest absolute Gasteiger partial charge is 0.244 e. The Bertz CT molecular complexity index is 4220. The van der Waals surface area contributed by atoms with Gasteiger partial charge in [0, 0.05) is 88.9 Å². The van der Waals surface area contributed by atoms with Crippen molar-refractivity contribution in [3.05, 3.63) is 235 Å². The number of hydrogen-bond donors (Lipinski definition) is 6. The van der Waals surface area contributed by atoms with Gasteiger partial charge in [-0.05, 0) is 303 Å². The minimum Gasteiger partial charge on any atom is -0.356 e. The molecule has 4 aliphatic rings. The Morgan fingerprint density at radius 3 is 0.896 bits per heavy atom. The van der Waals surface area contributed by atoms with E-state index in [-0.39, 0.29) is 81.5 Å². The van der Waals surface area contributed by atoms with Crippen molar-refractivity contribution in [1.29, 1.82) is 0 Å². The number of carbonyl (C=O) groups is 8. The molecule has 0 heterocycles. The van der Waals surface area contributed by atoms with Gasteiger partial charge < -0.3 is 31.9 Å². The SMILES string of the molecule is CCCCNC(=O)CCCC(=O)NCCCCCNC(=O)C(CCCCNC(=O)/C=C(C)/C=C/C=C(C)/C=C/C1=C(C)CCCC1(C)C)CC(=O)/C=C(C)/C=C/C=C(C)/C=C/C1=C(C)CCCC1(C)C.CCCNC(=O)C(CCCCNC(=O)/C=C(C)/C=C/C=C(C)/C=C/C1=C(C)CCCC1(C)C)CC(=O)/C=C(C)/C=C/C=C(C)/C=C/C1=C(C)CCCC1(C)C. The highest BCUT2D eigenvalue weighted by atomic mass is 16.2. The molecule has 14 nitrogen and oxygen atoms in total. The lowest BCUT2D eigenvalue weighted by atomic mass is 9.72. The van der Waals surface area contributed by atoms with Gasteiger partial charge in [0.1, 0.15) is 0 Å². The fraction of sp³-hybridized carbons (Fsp3) is 0.568. The van der Waals surface area contributed by atoms with E-state index in [0.717, 1.165) is 102 Å². The molecule has 6 amide bonds. The van der Waals surface area contributed by atoms with E-state index in [0.29, 0.717) is 84.2 Å². The zero-order valence-corrected chi connectivity index (χ0v) is 82.0. The van der Waals surface area contributed by atoms with Crippen molar-refractivity contribution < 1.29 is 38.4 Å². The Hall–Kier alpha value is -9.04. The maximum atomic E-state index is 13.5. The maximum absolute atomic E-state index is 13.5. The number of amides is 6. The van der Waals surface area contributed by atoms with E-state index in [1.807, 2.05) is 83.2 Å². The number of carbonyl (C=O) groups excluding carboxylic acids is 8. The third-order valence-electron chi connectivity index (χ3n) is 24.5. The zero-order valence-electron chi connectivity index (χ0n) is 82.0. The fourth-order valence-corrected chi connectivity index (χ4v) is 16.8. The average Bonchev–Trinajstić information content (AvgIpc) is 0.836. The number of ketones is 2. The summed E-state index contributed by atoms with van der Waals surface area (Å²) < 4.78 is 0. The Balaban J connectivity index is 0.000000664. The van der Waals surface area contributed by atoms with E-state index >= 15 is 0 Å². The maximum Gasteiger partial charge on any atom is 0.244 e. The van der Waals surface area contributed by atoms with Gasteiger partial charge in [-0.1, -0.05) is 255 Å². The van der Waals surface area contributed by atoms with Crippen LogP contribution in [0.3, 0.4) is 0 Å². The summed E-state index contributed by atoms with van der Waals surface area (Å²) in [6.45, 7) is 51.0. The van der Waals surface area contributed by atoms with Crippen LogP contribution >= 0.6 is 0 Å². The molecule has 690 valence electrons. The van der Waals surface area contributed by atoms with Crippen LogP contribution in [0.25, 0.3) is 0 Å². The van der Waals surface area contributed by atoms with Gasteiger partial charge >= 0.3 is 0 Å². The van der Waals surface area contributed by atoms with Crippen molar-refractivity contribution in [2.75, 3.05) is 39.3 Å². The molecule has 0 aromatic heterocycles. The van der Waals surface area contributed by atoms with Crippen LogP contribution in [0.5, 0.6) is 0 Å². The molecule has 0 aromatic carbocycles. The second-order valence-corrected chi connectivity index (χ2v) is 38.5. The molecular weight excluding hydrogens is 1550 g/mol. The third kappa shape index (κ3) is 47.4.